The van der Waals surface area contributed by atoms with Gasteiger partial charge in [-0.3, -0.25) is 14.2 Å². The Morgan fingerprint density at radius 2 is 1.77 bits per heavy atom. The molecule has 0 radical (unpaired) electrons. The smallest absolute Gasteiger partial charge is 0.419 e. The van der Waals surface area contributed by atoms with Crippen LogP contribution < -0.4 is 22.1 Å². The van der Waals surface area contributed by atoms with Gasteiger partial charge < -0.3 is 30.6 Å². The molecule has 1 aliphatic heterocycles. The second-order valence-electron chi connectivity index (χ2n) is 8.56. The predicted molar refractivity (Wildman–Crippen MR) is 126 cm³/mol. The number of rotatable bonds is 7. The number of nitrogens with one attached hydrogen (secondary N) is 2. The van der Waals surface area contributed by atoms with Crippen molar-refractivity contribution in [3.63, 3.8) is 0 Å². The van der Waals surface area contributed by atoms with Crippen LogP contribution in [0.4, 0.5) is 4.79 Å². The summed E-state index contributed by atoms with van der Waals surface area (Å²) in [6.45, 7) is 0.435. The lowest BCUT2D eigenvalue weighted by Gasteiger charge is -2.36. The predicted octanol–water partition coefficient (Wildman–Crippen LogP) is 1.13. The van der Waals surface area contributed by atoms with Gasteiger partial charge in [-0.25, -0.2) is 9.59 Å². The Labute approximate surface area is 199 Å². The quantitative estimate of drug-likeness (QED) is 0.392. The summed E-state index contributed by atoms with van der Waals surface area (Å²) in [6.07, 6.45) is -0.895. The van der Waals surface area contributed by atoms with Crippen LogP contribution in [0.25, 0.3) is 22.2 Å². The van der Waals surface area contributed by atoms with Crippen LogP contribution in [0, 0.1) is 0 Å². The zero-order valence-electron chi connectivity index (χ0n) is 19.1. The first-order valence-electron chi connectivity index (χ1n) is 11.1. The summed E-state index contributed by atoms with van der Waals surface area (Å²) < 4.78 is 11.8. The molecule has 184 valence electrons. The monoisotopic (exact) mass is 482 g/mol. The molecule has 1 unspecified atom stereocenters. The van der Waals surface area contributed by atoms with E-state index in [0.29, 0.717) is 11.1 Å². The molecule has 2 aromatic carbocycles. The topological polar surface area (TPSA) is 166 Å². The number of fused-ring (bicyclic) bond motifs is 1. The van der Waals surface area contributed by atoms with Crippen molar-refractivity contribution in [2.45, 2.75) is 30.8 Å². The van der Waals surface area contributed by atoms with Crippen molar-refractivity contribution in [2.75, 3.05) is 13.2 Å². The van der Waals surface area contributed by atoms with Gasteiger partial charge in [-0.2, -0.15) is 0 Å². The first kappa shape index (κ1) is 24.0. The Hall–Kier alpha value is -4.12. The maximum absolute atomic E-state index is 13.0. The van der Waals surface area contributed by atoms with Crippen molar-refractivity contribution in [1.82, 2.24) is 15.2 Å². The fraction of sp³-hybridized carbons (Fsp3) is 0.333. The molecule has 4 rings (SSSR count). The third kappa shape index (κ3) is 5.04. The fourth-order valence-corrected chi connectivity index (χ4v) is 4.23. The lowest BCUT2D eigenvalue weighted by atomic mass is 9.88. The van der Waals surface area contributed by atoms with Crippen molar-refractivity contribution < 1.29 is 28.6 Å². The number of benzene rings is 2. The number of primary amides is 1. The van der Waals surface area contributed by atoms with Crippen LogP contribution in [0.2, 0.25) is 0 Å². The normalized spacial score (nSPS) is 15.9. The largest absolute Gasteiger partial charge is 0.465 e. The summed E-state index contributed by atoms with van der Waals surface area (Å²) in [5.41, 5.74) is 7.85. The van der Waals surface area contributed by atoms with E-state index in [1.54, 1.807) is 13.1 Å². The zero-order chi connectivity index (χ0) is 25.2. The number of carbonyl (C=O) groups excluding carboxylic acids is 2. The van der Waals surface area contributed by atoms with E-state index in [1.165, 1.54) is 4.57 Å². The van der Waals surface area contributed by atoms with E-state index < -0.39 is 35.2 Å². The highest BCUT2D eigenvalue weighted by Gasteiger charge is 2.42. The summed E-state index contributed by atoms with van der Waals surface area (Å²) in [6, 6.07) is 11.8. The molecule has 1 aliphatic rings. The van der Waals surface area contributed by atoms with Gasteiger partial charge >= 0.3 is 11.8 Å². The number of aryl methyl sites for hydroxylation is 1. The van der Waals surface area contributed by atoms with Gasteiger partial charge in [0.2, 0.25) is 11.8 Å². The standard InChI is InChI=1S/C24H26N4O7/c1-28-18-13-16(6-7-19(18)35-23(28)33)15-4-2-14(3-5-15)12-17(20(25)29)26-21(30)24(27-22(31)32)8-10-34-11-9-24/h2-7,13,17,27H,8-12H2,1H3,(H2,25,29)(H,26,30)(H,31,32). The van der Waals surface area contributed by atoms with Gasteiger partial charge in [0.1, 0.15) is 11.6 Å². The van der Waals surface area contributed by atoms with E-state index in [1.807, 2.05) is 36.4 Å². The van der Waals surface area contributed by atoms with Crippen molar-refractivity contribution in [2.24, 2.45) is 12.8 Å². The summed E-state index contributed by atoms with van der Waals surface area (Å²) in [7, 11) is 1.63. The number of hydrogen-bond acceptors (Lipinski definition) is 6. The zero-order valence-corrected chi connectivity index (χ0v) is 19.1. The molecule has 0 saturated carbocycles. The molecule has 1 aromatic heterocycles. The fourth-order valence-electron chi connectivity index (χ4n) is 4.23. The van der Waals surface area contributed by atoms with Gasteiger partial charge in [-0.15, -0.1) is 0 Å². The highest BCUT2D eigenvalue weighted by molar-refractivity contribution is 5.93. The molecular formula is C24H26N4O7. The summed E-state index contributed by atoms with van der Waals surface area (Å²) in [5, 5.41) is 14.1. The lowest BCUT2D eigenvalue weighted by molar-refractivity contribution is -0.134. The second kappa shape index (κ2) is 9.63. The van der Waals surface area contributed by atoms with Crippen LogP contribution in [-0.4, -0.2) is 52.4 Å². The van der Waals surface area contributed by atoms with Gasteiger partial charge in [-0.05, 0) is 28.8 Å². The van der Waals surface area contributed by atoms with E-state index >= 15 is 0 Å². The molecule has 0 spiro atoms. The summed E-state index contributed by atoms with van der Waals surface area (Å²) >= 11 is 0. The van der Waals surface area contributed by atoms with Crippen LogP contribution in [0.5, 0.6) is 0 Å². The maximum Gasteiger partial charge on any atom is 0.419 e. The summed E-state index contributed by atoms with van der Waals surface area (Å²) in [4.78, 5) is 48.1. The van der Waals surface area contributed by atoms with Crippen LogP contribution >= 0.6 is 0 Å². The third-order valence-corrected chi connectivity index (χ3v) is 6.29. The van der Waals surface area contributed by atoms with Crippen molar-refractivity contribution in [1.29, 1.82) is 0 Å². The highest BCUT2D eigenvalue weighted by Crippen LogP contribution is 2.25. The average Bonchev–Trinajstić information content (AvgIpc) is 3.12. The molecule has 2 heterocycles. The molecular weight excluding hydrogens is 456 g/mol. The van der Waals surface area contributed by atoms with E-state index in [-0.39, 0.29) is 32.5 Å². The van der Waals surface area contributed by atoms with Gasteiger partial charge in [0.25, 0.3) is 0 Å². The number of aromatic nitrogens is 1. The van der Waals surface area contributed by atoms with E-state index in [9.17, 15) is 24.3 Å². The molecule has 3 amide bonds. The molecule has 1 saturated heterocycles. The Morgan fingerprint density at radius 3 is 2.40 bits per heavy atom. The van der Waals surface area contributed by atoms with Gasteiger partial charge in [0.05, 0.1) is 5.52 Å². The van der Waals surface area contributed by atoms with E-state index in [2.05, 4.69) is 10.6 Å². The first-order chi connectivity index (χ1) is 16.7. The van der Waals surface area contributed by atoms with Gasteiger partial charge in [-0.1, -0.05) is 30.3 Å². The lowest BCUT2D eigenvalue weighted by Crippen LogP contribution is -2.63. The Balaban J connectivity index is 1.50. The van der Waals surface area contributed by atoms with Gasteiger partial charge in [0, 0.05) is 39.5 Å². The Morgan fingerprint density at radius 1 is 1.11 bits per heavy atom. The van der Waals surface area contributed by atoms with Crippen molar-refractivity contribution in [3.8, 4) is 11.1 Å². The minimum absolute atomic E-state index is 0.135. The number of amides is 3. The number of hydrogen-bond donors (Lipinski definition) is 4. The van der Waals surface area contributed by atoms with E-state index in [0.717, 1.165) is 16.7 Å². The van der Waals surface area contributed by atoms with E-state index in [4.69, 9.17) is 14.9 Å². The minimum atomic E-state index is -1.38. The molecule has 11 heteroatoms. The molecule has 11 nitrogen and oxygen atoms in total. The molecule has 1 fully saturated rings. The van der Waals surface area contributed by atoms with Crippen molar-refractivity contribution in [3.05, 3.63) is 58.6 Å². The third-order valence-electron chi connectivity index (χ3n) is 6.29. The molecule has 0 aliphatic carbocycles. The van der Waals surface area contributed by atoms with Crippen LogP contribution in [0.15, 0.2) is 51.7 Å². The molecule has 3 aromatic rings. The first-order valence-corrected chi connectivity index (χ1v) is 11.1. The SMILES string of the molecule is Cn1c(=O)oc2ccc(-c3ccc(CC(NC(=O)C4(NC(=O)O)CCOCC4)C(N)=O)cc3)cc21. The Kier molecular flexibility index (Phi) is 6.61. The average molecular weight is 482 g/mol. The van der Waals surface area contributed by atoms with Crippen LogP contribution in [0.1, 0.15) is 18.4 Å². The number of oxazole rings is 1. The maximum atomic E-state index is 13.0. The second-order valence-corrected chi connectivity index (χ2v) is 8.56. The van der Waals surface area contributed by atoms with Gasteiger partial charge in [0.15, 0.2) is 5.58 Å². The minimum Gasteiger partial charge on any atom is -0.465 e. The summed E-state index contributed by atoms with van der Waals surface area (Å²) in [5.74, 6) is -1.78. The molecule has 35 heavy (non-hydrogen) atoms. The molecule has 5 N–H and O–H groups in total. The number of nitrogens with zero attached hydrogens (tertiary/aromatic N) is 1. The molecule has 1 atom stereocenters. The highest BCUT2D eigenvalue weighted by atomic mass is 16.5. The van der Waals surface area contributed by atoms with Crippen molar-refractivity contribution >= 4 is 29.0 Å². The number of carboxylic acid groups (broad SMARTS) is 1. The number of carbonyl (C=O) groups is 3. The molecule has 0 bridgehead atoms. The number of nitrogens with two attached hydrogens (primary N) is 1. The van der Waals surface area contributed by atoms with Crippen LogP contribution in [-0.2, 0) is 27.8 Å². The van der Waals surface area contributed by atoms with Crippen LogP contribution in [0.3, 0.4) is 0 Å². The number of ether oxygens (including phenoxy) is 1. The Bertz CT molecular complexity index is 1320.